The second-order valence-corrected chi connectivity index (χ2v) is 5.90. The lowest BCUT2D eigenvalue weighted by molar-refractivity contribution is 0.102. The molecule has 1 aliphatic rings. The summed E-state index contributed by atoms with van der Waals surface area (Å²) in [6.45, 7) is 3.90. The third-order valence-corrected chi connectivity index (χ3v) is 4.21. The zero-order valence-electron chi connectivity index (χ0n) is 13.3. The van der Waals surface area contributed by atoms with Crippen LogP contribution in [0.25, 0.3) is 11.1 Å². The van der Waals surface area contributed by atoms with Crippen LogP contribution in [0.1, 0.15) is 28.9 Å². The van der Waals surface area contributed by atoms with Crippen molar-refractivity contribution < 1.29 is 9.32 Å². The zero-order valence-corrected chi connectivity index (χ0v) is 13.3. The van der Waals surface area contributed by atoms with E-state index in [1.807, 2.05) is 19.1 Å². The third kappa shape index (κ3) is 2.68. The SMILES string of the molecule is Cc1noc2ncc(C(=O)Nc3ccc(N4CCCC4)nc3)cc12. The minimum Gasteiger partial charge on any atom is -0.357 e. The van der Waals surface area contributed by atoms with E-state index in [9.17, 15) is 4.79 Å². The molecule has 0 aromatic carbocycles. The molecule has 7 nitrogen and oxygen atoms in total. The number of aromatic nitrogens is 3. The van der Waals surface area contributed by atoms with Gasteiger partial charge in [0.2, 0.25) is 0 Å². The van der Waals surface area contributed by atoms with Crippen LogP contribution in [0.4, 0.5) is 11.5 Å². The van der Waals surface area contributed by atoms with Gasteiger partial charge in [0.1, 0.15) is 5.82 Å². The summed E-state index contributed by atoms with van der Waals surface area (Å²) in [5, 5.41) is 7.43. The standard InChI is InChI=1S/C17H17N5O2/c1-11-14-8-12(9-19-17(14)24-21-11)16(23)20-13-4-5-15(18-10-13)22-6-2-3-7-22/h4-5,8-10H,2-3,6-7H2,1H3,(H,20,23). The van der Waals surface area contributed by atoms with Crippen molar-refractivity contribution in [1.29, 1.82) is 0 Å². The zero-order chi connectivity index (χ0) is 16.5. The second kappa shape index (κ2) is 5.92. The van der Waals surface area contributed by atoms with Crippen molar-refractivity contribution in [1.82, 2.24) is 15.1 Å². The Bertz CT molecular complexity index is 882. The molecule has 0 spiro atoms. The van der Waals surface area contributed by atoms with Gasteiger partial charge in [-0.15, -0.1) is 0 Å². The molecule has 1 aliphatic heterocycles. The molecule has 1 N–H and O–H groups in total. The fourth-order valence-corrected chi connectivity index (χ4v) is 2.87. The number of anilines is 2. The minimum atomic E-state index is -0.235. The molecule has 0 bridgehead atoms. The smallest absolute Gasteiger partial charge is 0.257 e. The molecular weight excluding hydrogens is 306 g/mol. The van der Waals surface area contributed by atoms with Crippen LogP contribution in [-0.2, 0) is 0 Å². The number of nitrogens with one attached hydrogen (secondary N) is 1. The second-order valence-electron chi connectivity index (χ2n) is 5.90. The van der Waals surface area contributed by atoms with Crippen LogP contribution in [0.3, 0.4) is 0 Å². The number of carbonyl (C=O) groups excluding carboxylic acids is 1. The van der Waals surface area contributed by atoms with Crippen molar-refractivity contribution in [2.45, 2.75) is 19.8 Å². The van der Waals surface area contributed by atoms with Gasteiger partial charge in [-0.1, -0.05) is 5.16 Å². The van der Waals surface area contributed by atoms with Crippen LogP contribution in [-0.4, -0.2) is 34.1 Å². The van der Waals surface area contributed by atoms with Crippen molar-refractivity contribution in [3.8, 4) is 0 Å². The van der Waals surface area contributed by atoms with E-state index in [4.69, 9.17) is 4.52 Å². The fourth-order valence-electron chi connectivity index (χ4n) is 2.87. The average molecular weight is 323 g/mol. The lowest BCUT2D eigenvalue weighted by Gasteiger charge is -2.16. The van der Waals surface area contributed by atoms with Gasteiger partial charge in [-0.2, -0.15) is 0 Å². The maximum absolute atomic E-state index is 12.4. The Morgan fingerprint density at radius 2 is 2.04 bits per heavy atom. The highest BCUT2D eigenvalue weighted by Gasteiger charge is 2.14. The highest BCUT2D eigenvalue weighted by Crippen LogP contribution is 2.20. The van der Waals surface area contributed by atoms with Gasteiger partial charge in [-0.05, 0) is 38.0 Å². The predicted molar refractivity (Wildman–Crippen MR) is 90.2 cm³/mol. The van der Waals surface area contributed by atoms with E-state index in [2.05, 4.69) is 25.3 Å². The molecule has 0 saturated carbocycles. The summed E-state index contributed by atoms with van der Waals surface area (Å²) in [6.07, 6.45) is 5.58. The maximum Gasteiger partial charge on any atom is 0.257 e. The van der Waals surface area contributed by atoms with Crippen LogP contribution >= 0.6 is 0 Å². The summed E-state index contributed by atoms with van der Waals surface area (Å²) >= 11 is 0. The summed E-state index contributed by atoms with van der Waals surface area (Å²) in [6, 6.07) is 5.54. The van der Waals surface area contributed by atoms with Crippen molar-refractivity contribution in [2.24, 2.45) is 0 Å². The van der Waals surface area contributed by atoms with E-state index in [1.54, 1.807) is 12.3 Å². The van der Waals surface area contributed by atoms with Gasteiger partial charge in [0.05, 0.1) is 28.5 Å². The summed E-state index contributed by atoms with van der Waals surface area (Å²) in [5.74, 6) is 0.717. The van der Waals surface area contributed by atoms with Gasteiger partial charge in [0.15, 0.2) is 0 Å². The summed E-state index contributed by atoms with van der Waals surface area (Å²) in [7, 11) is 0. The first kappa shape index (κ1) is 14.6. The van der Waals surface area contributed by atoms with Gasteiger partial charge in [-0.25, -0.2) is 9.97 Å². The van der Waals surface area contributed by atoms with Crippen LogP contribution in [0.2, 0.25) is 0 Å². The Morgan fingerprint density at radius 1 is 1.21 bits per heavy atom. The molecule has 1 fully saturated rings. The molecule has 7 heteroatoms. The number of pyridine rings is 2. The van der Waals surface area contributed by atoms with E-state index >= 15 is 0 Å². The van der Waals surface area contributed by atoms with Crippen molar-refractivity contribution in [2.75, 3.05) is 23.3 Å². The first-order chi connectivity index (χ1) is 11.7. The maximum atomic E-state index is 12.4. The van der Waals surface area contributed by atoms with Gasteiger partial charge in [-0.3, -0.25) is 4.79 Å². The van der Waals surface area contributed by atoms with Crippen molar-refractivity contribution in [3.63, 3.8) is 0 Å². The molecule has 24 heavy (non-hydrogen) atoms. The average Bonchev–Trinajstić information content (AvgIpc) is 3.26. The summed E-state index contributed by atoms with van der Waals surface area (Å²) < 4.78 is 5.06. The largest absolute Gasteiger partial charge is 0.357 e. The Labute approximate surface area is 138 Å². The lowest BCUT2D eigenvalue weighted by atomic mass is 10.2. The number of fused-ring (bicyclic) bond motifs is 1. The molecule has 3 aromatic heterocycles. The highest BCUT2D eigenvalue weighted by molar-refractivity contribution is 6.05. The Hall–Kier alpha value is -2.96. The predicted octanol–water partition coefficient (Wildman–Crippen LogP) is 2.78. The molecule has 1 saturated heterocycles. The monoisotopic (exact) mass is 323 g/mol. The Kier molecular flexibility index (Phi) is 3.60. The van der Waals surface area contributed by atoms with E-state index in [-0.39, 0.29) is 5.91 Å². The van der Waals surface area contributed by atoms with Crippen LogP contribution in [0.15, 0.2) is 35.1 Å². The van der Waals surface area contributed by atoms with E-state index in [1.165, 1.54) is 19.0 Å². The molecule has 1 amide bonds. The van der Waals surface area contributed by atoms with Gasteiger partial charge in [0.25, 0.3) is 11.6 Å². The number of aryl methyl sites for hydroxylation is 1. The number of nitrogens with zero attached hydrogens (tertiary/aromatic N) is 4. The number of hydrogen-bond donors (Lipinski definition) is 1. The molecule has 122 valence electrons. The number of rotatable bonds is 3. The molecular formula is C17H17N5O2. The number of hydrogen-bond acceptors (Lipinski definition) is 6. The molecule has 0 radical (unpaired) electrons. The first-order valence-corrected chi connectivity index (χ1v) is 7.95. The van der Waals surface area contributed by atoms with Crippen LogP contribution in [0.5, 0.6) is 0 Å². The van der Waals surface area contributed by atoms with E-state index in [0.717, 1.165) is 24.3 Å². The summed E-state index contributed by atoms with van der Waals surface area (Å²) in [4.78, 5) is 23.2. The molecule has 4 rings (SSSR count). The van der Waals surface area contributed by atoms with Gasteiger partial charge >= 0.3 is 0 Å². The van der Waals surface area contributed by atoms with Crippen molar-refractivity contribution >= 4 is 28.5 Å². The van der Waals surface area contributed by atoms with Gasteiger partial charge in [0, 0.05) is 19.3 Å². The third-order valence-electron chi connectivity index (χ3n) is 4.21. The molecule has 0 unspecified atom stereocenters. The fraction of sp³-hybridized carbons (Fsp3) is 0.294. The molecule has 0 aliphatic carbocycles. The van der Waals surface area contributed by atoms with Gasteiger partial charge < -0.3 is 14.7 Å². The minimum absolute atomic E-state index is 0.235. The highest BCUT2D eigenvalue weighted by atomic mass is 16.5. The summed E-state index contributed by atoms with van der Waals surface area (Å²) in [5.41, 5.74) is 2.26. The van der Waals surface area contributed by atoms with Crippen molar-refractivity contribution in [3.05, 3.63) is 41.9 Å². The van der Waals surface area contributed by atoms with E-state index in [0.29, 0.717) is 22.7 Å². The van der Waals surface area contributed by atoms with E-state index < -0.39 is 0 Å². The molecule has 3 aromatic rings. The first-order valence-electron chi connectivity index (χ1n) is 7.95. The van der Waals surface area contributed by atoms with Crippen LogP contribution < -0.4 is 10.2 Å². The van der Waals surface area contributed by atoms with Crippen LogP contribution in [0, 0.1) is 6.92 Å². The Morgan fingerprint density at radius 3 is 2.79 bits per heavy atom. The normalized spacial score (nSPS) is 14.3. The lowest BCUT2D eigenvalue weighted by Crippen LogP contribution is -2.19. The topological polar surface area (TPSA) is 84.1 Å². The Balaban J connectivity index is 1.51. The quantitative estimate of drug-likeness (QED) is 0.798. The number of carbonyl (C=O) groups is 1. The molecule has 0 atom stereocenters. The molecule has 4 heterocycles. The number of amides is 1.